The van der Waals surface area contributed by atoms with Crippen LogP contribution in [0.25, 0.3) is 0 Å². The number of aromatic nitrogens is 1. The smallest absolute Gasteiger partial charge is 0.0797 e. The Balaban J connectivity index is 2.27. The van der Waals surface area contributed by atoms with Gasteiger partial charge in [0.25, 0.3) is 0 Å². The molecule has 2 heterocycles. The van der Waals surface area contributed by atoms with Gasteiger partial charge in [0.15, 0.2) is 0 Å². The van der Waals surface area contributed by atoms with Crippen LogP contribution in [-0.4, -0.2) is 24.3 Å². The summed E-state index contributed by atoms with van der Waals surface area (Å²) in [4.78, 5) is 0. The van der Waals surface area contributed by atoms with Crippen molar-refractivity contribution in [1.82, 2.24) is 9.88 Å². The SMILES string of the molecule is Cn1cccc1C1(C)COCCN1. The van der Waals surface area contributed by atoms with Crippen molar-refractivity contribution < 1.29 is 4.74 Å². The second-order valence-corrected chi connectivity index (χ2v) is 3.82. The Labute approximate surface area is 78.7 Å². The summed E-state index contributed by atoms with van der Waals surface area (Å²) < 4.78 is 7.63. The topological polar surface area (TPSA) is 26.2 Å². The second-order valence-electron chi connectivity index (χ2n) is 3.82. The largest absolute Gasteiger partial charge is 0.378 e. The lowest BCUT2D eigenvalue weighted by atomic mass is 9.98. The molecule has 1 N–H and O–H groups in total. The van der Waals surface area contributed by atoms with Gasteiger partial charge in [-0.2, -0.15) is 0 Å². The summed E-state index contributed by atoms with van der Waals surface area (Å²) >= 11 is 0. The summed E-state index contributed by atoms with van der Waals surface area (Å²) in [7, 11) is 2.07. The zero-order valence-corrected chi connectivity index (χ0v) is 8.21. The highest BCUT2D eigenvalue weighted by Gasteiger charge is 2.30. The van der Waals surface area contributed by atoms with E-state index in [-0.39, 0.29) is 5.54 Å². The fourth-order valence-corrected chi connectivity index (χ4v) is 1.93. The van der Waals surface area contributed by atoms with E-state index in [0.29, 0.717) is 0 Å². The Kier molecular flexibility index (Phi) is 2.14. The highest BCUT2D eigenvalue weighted by Crippen LogP contribution is 2.22. The first-order valence-corrected chi connectivity index (χ1v) is 4.67. The van der Waals surface area contributed by atoms with E-state index in [1.54, 1.807) is 0 Å². The Bertz CT molecular complexity index is 287. The molecule has 0 amide bonds. The van der Waals surface area contributed by atoms with Crippen LogP contribution in [0.3, 0.4) is 0 Å². The van der Waals surface area contributed by atoms with E-state index in [1.807, 2.05) is 0 Å². The molecule has 13 heavy (non-hydrogen) atoms. The summed E-state index contributed by atoms with van der Waals surface area (Å²) in [5.74, 6) is 0. The first-order chi connectivity index (χ1) is 6.22. The molecule has 1 unspecified atom stereocenters. The summed E-state index contributed by atoms with van der Waals surface area (Å²) in [5.41, 5.74) is 1.27. The van der Waals surface area contributed by atoms with E-state index in [9.17, 15) is 0 Å². The van der Waals surface area contributed by atoms with Crippen LogP contribution >= 0.6 is 0 Å². The molecular formula is C10H16N2O. The lowest BCUT2D eigenvalue weighted by molar-refractivity contribution is 0.0308. The molecule has 0 radical (unpaired) electrons. The molecule has 1 atom stereocenters. The monoisotopic (exact) mass is 180 g/mol. The average Bonchev–Trinajstić information content (AvgIpc) is 2.53. The van der Waals surface area contributed by atoms with E-state index in [0.717, 1.165) is 19.8 Å². The van der Waals surface area contributed by atoms with Crippen molar-refractivity contribution in [3.8, 4) is 0 Å². The molecule has 72 valence electrons. The fourth-order valence-electron chi connectivity index (χ4n) is 1.93. The lowest BCUT2D eigenvalue weighted by Crippen LogP contribution is -2.50. The standard InChI is InChI=1S/C10H16N2O/c1-10(8-13-7-5-11-10)9-4-3-6-12(9)2/h3-4,6,11H,5,7-8H2,1-2H3. The quantitative estimate of drug-likeness (QED) is 0.693. The van der Waals surface area contributed by atoms with Crippen LogP contribution in [0.5, 0.6) is 0 Å². The van der Waals surface area contributed by atoms with E-state index < -0.39 is 0 Å². The van der Waals surface area contributed by atoms with E-state index in [1.165, 1.54) is 5.69 Å². The van der Waals surface area contributed by atoms with Crippen LogP contribution < -0.4 is 5.32 Å². The molecule has 0 saturated carbocycles. The van der Waals surface area contributed by atoms with Crippen LogP contribution in [0, 0.1) is 0 Å². The van der Waals surface area contributed by atoms with Crippen molar-refractivity contribution in [3.05, 3.63) is 24.0 Å². The van der Waals surface area contributed by atoms with Gasteiger partial charge in [-0.15, -0.1) is 0 Å². The summed E-state index contributed by atoms with van der Waals surface area (Å²) in [6.45, 7) is 4.69. The molecule has 0 bridgehead atoms. The summed E-state index contributed by atoms with van der Waals surface area (Å²) in [5, 5.41) is 3.49. The number of rotatable bonds is 1. The Morgan fingerprint density at radius 3 is 3.00 bits per heavy atom. The summed E-state index contributed by atoms with van der Waals surface area (Å²) in [6.07, 6.45) is 2.07. The van der Waals surface area contributed by atoms with Gasteiger partial charge in [0.05, 0.1) is 18.8 Å². The highest BCUT2D eigenvalue weighted by atomic mass is 16.5. The summed E-state index contributed by atoms with van der Waals surface area (Å²) in [6, 6.07) is 4.21. The van der Waals surface area contributed by atoms with E-state index in [4.69, 9.17) is 4.74 Å². The zero-order chi connectivity index (χ0) is 9.31. The Morgan fingerprint density at radius 2 is 2.46 bits per heavy atom. The number of hydrogen-bond acceptors (Lipinski definition) is 2. The number of ether oxygens (including phenoxy) is 1. The lowest BCUT2D eigenvalue weighted by Gasteiger charge is -2.35. The van der Waals surface area contributed by atoms with Gasteiger partial charge < -0.3 is 14.6 Å². The van der Waals surface area contributed by atoms with Crippen LogP contribution in [0.15, 0.2) is 18.3 Å². The van der Waals surface area contributed by atoms with Crippen molar-refractivity contribution in [3.63, 3.8) is 0 Å². The van der Waals surface area contributed by atoms with Gasteiger partial charge in [-0.3, -0.25) is 0 Å². The average molecular weight is 180 g/mol. The zero-order valence-electron chi connectivity index (χ0n) is 8.21. The number of nitrogens with one attached hydrogen (secondary N) is 1. The van der Waals surface area contributed by atoms with Crippen molar-refractivity contribution in [2.45, 2.75) is 12.5 Å². The first kappa shape index (κ1) is 8.78. The van der Waals surface area contributed by atoms with Crippen LogP contribution in [0.4, 0.5) is 0 Å². The molecule has 1 saturated heterocycles. The predicted molar refractivity (Wildman–Crippen MR) is 51.6 cm³/mol. The fraction of sp³-hybridized carbons (Fsp3) is 0.600. The van der Waals surface area contributed by atoms with Gasteiger partial charge in [-0.25, -0.2) is 0 Å². The van der Waals surface area contributed by atoms with Crippen molar-refractivity contribution in [1.29, 1.82) is 0 Å². The van der Waals surface area contributed by atoms with E-state index >= 15 is 0 Å². The third-order valence-corrected chi connectivity index (χ3v) is 2.66. The molecule has 0 spiro atoms. The maximum absolute atomic E-state index is 5.49. The molecule has 1 aliphatic heterocycles. The molecule has 3 nitrogen and oxygen atoms in total. The minimum atomic E-state index is -0.0174. The van der Waals surface area contributed by atoms with Gasteiger partial charge >= 0.3 is 0 Å². The van der Waals surface area contributed by atoms with Gasteiger partial charge in [0, 0.05) is 25.5 Å². The van der Waals surface area contributed by atoms with Gasteiger partial charge in [-0.05, 0) is 19.1 Å². The number of morpholine rings is 1. The van der Waals surface area contributed by atoms with Crippen molar-refractivity contribution in [2.75, 3.05) is 19.8 Å². The Hall–Kier alpha value is -0.800. The molecule has 0 aromatic carbocycles. The minimum absolute atomic E-state index is 0.0174. The van der Waals surface area contributed by atoms with Crippen LogP contribution in [-0.2, 0) is 17.3 Å². The molecule has 1 aromatic rings. The molecule has 3 heteroatoms. The third kappa shape index (κ3) is 1.49. The minimum Gasteiger partial charge on any atom is -0.378 e. The number of aryl methyl sites for hydroxylation is 1. The van der Waals surface area contributed by atoms with Gasteiger partial charge in [0.1, 0.15) is 0 Å². The molecule has 1 aromatic heterocycles. The maximum atomic E-state index is 5.49. The van der Waals surface area contributed by atoms with Crippen molar-refractivity contribution >= 4 is 0 Å². The highest BCUT2D eigenvalue weighted by molar-refractivity contribution is 5.18. The predicted octanol–water partition coefficient (Wildman–Crippen LogP) is 0.860. The number of hydrogen-bond donors (Lipinski definition) is 1. The molecule has 2 rings (SSSR count). The van der Waals surface area contributed by atoms with Gasteiger partial charge in [-0.1, -0.05) is 0 Å². The van der Waals surface area contributed by atoms with E-state index in [2.05, 4.69) is 42.2 Å². The van der Waals surface area contributed by atoms with Crippen LogP contribution in [0.2, 0.25) is 0 Å². The first-order valence-electron chi connectivity index (χ1n) is 4.67. The normalized spacial score (nSPS) is 29.1. The molecule has 1 fully saturated rings. The maximum Gasteiger partial charge on any atom is 0.0797 e. The number of nitrogens with zero attached hydrogens (tertiary/aromatic N) is 1. The van der Waals surface area contributed by atoms with Crippen LogP contribution in [0.1, 0.15) is 12.6 Å². The van der Waals surface area contributed by atoms with Crippen molar-refractivity contribution in [2.24, 2.45) is 7.05 Å². The molecular weight excluding hydrogens is 164 g/mol. The molecule has 1 aliphatic rings. The Morgan fingerprint density at radius 1 is 1.62 bits per heavy atom. The second kappa shape index (κ2) is 3.16. The van der Waals surface area contributed by atoms with Gasteiger partial charge in [0.2, 0.25) is 0 Å². The third-order valence-electron chi connectivity index (χ3n) is 2.66. The molecule has 0 aliphatic carbocycles.